The molecule has 2 amide bonds. The Bertz CT molecular complexity index is 806. The molecule has 10 heteroatoms. The maximum atomic E-state index is 12.6. The van der Waals surface area contributed by atoms with Gasteiger partial charge in [0.2, 0.25) is 11.7 Å². The Kier molecular flexibility index (Phi) is 5.33. The first-order chi connectivity index (χ1) is 11.3. The van der Waals surface area contributed by atoms with Gasteiger partial charge in [-0.05, 0) is 12.1 Å². The topological polar surface area (TPSA) is 96.7 Å². The zero-order valence-corrected chi connectivity index (χ0v) is 14.5. The summed E-state index contributed by atoms with van der Waals surface area (Å²) in [4.78, 5) is 29.2. The summed E-state index contributed by atoms with van der Waals surface area (Å²) in [5, 5.41) is 17.1. The van der Waals surface area contributed by atoms with Crippen molar-refractivity contribution in [3.8, 4) is 5.88 Å². The number of hydrogen-bond donors (Lipinski definition) is 2. The molecule has 2 N–H and O–H groups in total. The van der Waals surface area contributed by atoms with E-state index in [1.165, 1.54) is 39.5 Å². The number of ketones is 1. The summed E-state index contributed by atoms with van der Waals surface area (Å²) < 4.78 is 1.15. The summed E-state index contributed by atoms with van der Waals surface area (Å²) in [5.74, 6) is -0.853. The standard InChI is InChI=1S/C14H14Cl2N4O4/c1-19-13(22)8(6-17-19)12(21)7-4-5-9(15)11(10(7)16)18-14(23)20(2)24-3/h4-6,22H,1-3H3,(H,18,23). The Balaban J connectivity index is 2.43. The highest BCUT2D eigenvalue weighted by atomic mass is 35.5. The molecular weight excluding hydrogens is 359 g/mol. The summed E-state index contributed by atoms with van der Waals surface area (Å²) in [6.45, 7) is 0. The Labute approximate surface area is 147 Å². The number of hydroxylamine groups is 2. The molecule has 0 aliphatic rings. The SMILES string of the molecule is CON(C)C(=O)Nc1c(Cl)ccc(C(=O)c2cnn(C)c2O)c1Cl. The number of nitrogens with zero attached hydrogens (tertiary/aromatic N) is 3. The number of aromatic nitrogens is 2. The van der Waals surface area contributed by atoms with E-state index in [2.05, 4.69) is 10.4 Å². The van der Waals surface area contributed by atoms with Gasteiger partial charge in [-0.2, -0.15) is 5.10 Å². The van der Waals surface area contributed by atoms with Gasteiger partial charge in [-0.3, -0.25) is 9.63 Å². The number of carbonyl (C=O) groups is 2. The van der Waals surface area contributed by atoms with Crippen LogP contribution in [0.15, 0.2) is 18.3 Å². The number of rotatable bonds is 4. The van der Waals surface area contributed by atoms with Crippen molar-refractivity contribution in [1.29, 1.82) is 0 Å². The molecule has 1 heterocycles. The minimum absolute atomic E-state index is 0.0204. The first kappa shape index (κ1) is 18.1. The highest BCUT2D eigenvalue weighted by Crippen LogP contribution is 2.35. The van der Waals surface area contributed by atoms with Gasteiger partial charge in [0, 0.05) is 19.7 Å². The van der Waals surface area contributed by atoms with E-state index in [1.807, 2.05) is 0 Å². The smallest absolute Gasteiger partial charge is 0.345 e. The fourth-order valence-corrected chi connectivity index (χ4v) is 2.40. The number of aromatic hydroxyl groups is 1. The average Bonchev–Trinajstić information content (AvgIpc) is 2.89. The highest BCUT2D eigenvalue weighted by Gasteiger charge is 2.23. The van der Waals surface area contributed by atoms with Crippen LogP contribution in [0.2, 0.25) is 10.0 Å². The van der Waals surface area contributed by atoms with Crippen LogP contribution in [0.3, 0.4) is 0 Å². The predicted molar refractivity (Wildman–Crippen MR) is 88.6 cm³/mol. The van der Waals surface area contributed by atoms with Crippen molar-refractivity contribution in [2.45, 2.75) is 0 Å². The second kappa shape index (κ2) is 7.08. The molecule has 0 saturated carbocycles. The molecule has 8 nitrogen and oxygen atoms in total. The number of hydrogen-bond acceptors (Lipinski definition) is 5. The first-order valence-corrected chi connectivity index (χ1v) is 7.36. The van der Waals surface area contributed by atoms with Crippen LogP contribution in [0.4, 0.5) is 10.5 Å². The highest BCUT2D eigenvalue weighted by molar-refractivity contribution is 6.42. The molecule has 0 saturated heterocycles. The lowest BCUT2D eigenvalue weighted by molar-refractivity contribution is -0.0598. The number of urea groups is 1. The summed E-state index contributed by atoms with van der Waals surface area (Å²) in [5.41, 5.74) is 0.0919. The van der Waals surface area contributed by atoms with Crippen molar-refractivity contribution in [1.82, 2.24) is 14.8 Å². The third-order valence-corrected chi connectivity index (χ3v) is 3.99. The second-order valence-corrected chi connectivity index (χ2v) is 5.51. The van der Waals surface area contributed by atoms with Crippen LogP contribution in [-0.2, 0) is 11.9 Å². The van der Waals surface area contributed by atoms with Crippen molar-refractivity contribution in [3.63, 3.8) is 0 Å². The van der Waals surface area contributed by atoms with E-state index in [9.17, 15) is 14.7 Å². The third kappa shape index (κ3) is 3.30. The average molecular weight is 373 g/mol. The molecule has 0 radical (unpaired) electrons. The van der Waals surface area contributed by atoms with Crippen LogP contribution in [0.5, 0.6) is 5.88 Å². The molecule has 0 unspecified atom stereocenters. The van der Waals surface area contributed by atoms with Crippen LogP contribution < -0.4 is 5.32 Å². The molecule has 0 spiro atoms. The van der Waals surface area contributed by atoms with Crippen LogP contribution in [0.25, 0.3) is 0 Å². The van der Waals surface area contributed by atoms with Gasteiger partial charge in [0.15, 0.2) is 0 Å². The lowest BCUT2D eigenvalue weighted by atomic mass is 10.1. The van der Waals surface area contributed by atoms with E-state index in [4.69, 9.17) is 28.0 Å². The molecule has 1 aromatic carbocycles. The van der Waals surface area contributed by atoms with Gasteiger partial charge in [0.25, 0.3) is 0 Å². The molecule has 0 fully saturated rings. The monoisotopic (exact) mass is 372 g/mol. The lowest BCUT2D eigenvalue weighted by Crippen LogP contribution is -2.30. The molecule has 0 aliphatic carbocycles. The molecule has 128 valence electrons. The van der Waals surface area contributed by atoms with Gasteiger partial charge in [-0.15, -0.1) is 0 Å². The lowest BCUT2D eigenvalue weighted by Gasteiger charge is -2.17. The van der Waals surface area contributed by atoms with Gasteiger partial charge in [0.05, 0.1) is 29.0 Å². The van der Waals surface area contributed by atoms with Crippen LogP contribution >= 0.6 is 23.2 Å². The number of amides is 2. The zero-order chi connectivity index (χ0) is 18.0. The van der Waals surface area contributed by atoms with Crippen LogP contribution in [0, 0.1) is 0 Å². The second-order valence-electron chi connectivity index (χ2n) is 4.73. The van der Waals surface area contributed by atoms with Crippen molar-refractivity contribution >= 4 is 40.7 Å². The van der Waals surface area contributed by atoms with Gasteiger partial charge < -0.3 is 10.4 Å². The Morgan fingerprint density at radius 3 is 2.54 bits per heavy atom. The van der Waals surface area contributed by atoms with Gasteiger partial charge >= 0.3 is 6.03 Å². The third-order valence-electron chi connectivity index (χ3n) is 3.28. The van der Waals surface area contributed by atoms with Gasteiger partial charge in [-0.25, -0.2) is 14.5 Å². The molecular formula is C14H14Cl2N4O4. The van der Waals surface area contributed by atoms with Crippen LogP contribution in [-0.4, -0.2) is 45.9 Å². The summed E-state index contributed by atoms with van der Waals surface area (Å²) in [6.07, 6.45) is 1.22. The van der Waals surface area contributed by atoms with Crippen molar-refractivity contribution in [2.75, 3.05) is 19.5 Å². The van der Waals surface area contributed by atoms with E-state index < -0.39 is 11.8 Å². The molecule has 2 rings (SSSR count). The van der Waals surface area contributed by atoms with Crippen molar-refractivity contribution < 1.29 is 19.5 Å². The minimum atomic E-state index is -0.630. The molecule has 1 aromatic heterocycles. The number of anilines is 1. The maximum Gasteiger partial charge on any atom is 0.345 e. The predicted octanol–water partition coefficient (Wildman–Crippen LogP) is 2.69. The van der Waals surface area contributed by atoms with E-state index >= 15 is 0 Å². The fourth-order valence-electron chi connectivity index (χ4n) is 1.85. The molecule has 2 aromatic rings. The summed E-state index contributed by atoms with van der Waals surface area (Å²) >= 11 is 12.3. The number of nitrogens with one attached hydrogen (secondary N) is 1. The number of aryl methyl sites for hydroxylation is 1. The largest absolute Gasteiger partial charge is 0.493 e. The minimum Gasteiger partial charge on any atom is -0.493 e. The number of carbonyl (C=O) groups excluding carboxylic acids is 2. The number of benzene rings is 1. The van der Waals surface area contributed by atoms with Gasteiger partial charge in [-0.1, -0.05) is 23.2 Å². The van der Waals surface area contributed by atoms with E-state index in [1.54, 1.807) is 0 Å². The Morgan fingerprint density at radius 2 is 2.00 bits per heavy atom. The Hall–Kier alpha value is -2.29. The van der Waals surface area contributed by atoms with Gasteiger partial charge in [0.1, 0.15) is 5.56 Å². The number of halogens is 2. The first-order valence-electron chi connectivity index (χ1n) is 6.60. The quantitative estimate of drug-likeness (QED) is 0.635. The molecule has 0 aliphatic heterocycles. The van der Waals surface area contributed by atoms with Crippen LogP contribution in [0.1, 0.15) is 15.9 Å². The molecule has 0 atom stereocenters. The van der Waals surface area contributed by atoms with Crippen molar-refractivity contribution in [2.24, 2.45) is 7.05 Å². The van der Waals surface area contributed by atoms with E-state index in [-0.39, 0.29) is 32.7 Å². The van der Waals surface area contributed by atoms with E-state index in [0.29, 0.717) is 0 Å². The Morgan fingerprint density at radius 1 is 1.33 bits per heavy atom. The maximum absolute atomic E-state index is 12.6. The van der Waals surface area contributed by atoms with E-state index in [0.717, 1.165) is 9.75 Å². The summed E-state index contributed by atoms with van der Waals surface area (Å²) in [7, 11) is 4.19. The summed E-state index contributed by atoms with van der Waals surface area (Å²) in [6, 6.07) is 2.18. The molecule has 0 bridgehead atoms. The van der Waals surface area contributed by atoms with Crippen molar-refractivity contribution in [3.05, 3.63) is 39.5 Å². The normalized spacial score (nSPS) is 10.5. The molecule has 24 heavy (non-hydrogen) atoms. The fraction of sp³-hybridized carbons (Fsp3) is 0.214. The zero-order valence-electron chi connectivity index (χ0n) is 13.0.